The van der Waals surface area contributed by atoms with Gasteiger partial charge in [-0.15, -0.1) is 16.7 Å². The standard InChI is InChI=1S/C12H11Cl2FN2O3/c1-2-20-12(19)11(10(18)6-13)17-16-7-3-4-9(15)8(14)5-7/h3-5,18H,2,6H2,1H3. The van der Waals surface area contributed by atoms with E-state index in [4.69, 9.17) is 27.9 Å². The van der Waals surface area contributed by atoms with E-state index in [-0.39, 0.29) is 23.2 Å². The van der Waals surface area contributed by atoms with Crippen molar-refractivity contribution in [3.05, 3.63) is 40.5 Å². The summed E-state index contributed by atoms with van der Waals surface area (Å²) in [6.07, 6.45) is 0. The van der Waals surface area contributed by atoms with E-state index in [1.807, 2.05) is 0 Å². The van der Waals surface area contributed by atoms with Crippen LogP contribution in [0, 0.1) is 5.82 Å². The molecule has 0 aliphatic rings. The molecule has 0 fully saturated rings. The van der Waals surface area contributed by atoms with Crippen molar-refractivity contribution in [2.75, 3.05) is 12.5 Å². The predicted octanol–water partition coefficient (Wildman–Crippen LogP) is 4.13. The van der Waals surface area contributed by atoms with Gasteiger partial charge in [-0.25, -0.2) is 9.18 Å². The van der Waals surface area contributed by atoms with Gasteiger partial charge in [0.05, 0.1) is 23.2 Å². The third-order valence-corrected chi connectivity index (χ3v) is 2.58. The van der Waals surface area contributed by atoms with Gasteiger partial charge in [0.15, 0.2) is 0 Å². The van der Waals surface area contributed by atoms with Gasteiger partial charge in [-0.05, 0) is 25.1 Å². The maximum Gasteiger partial charge on any atom is 0.362 e. The van der Waals surface area contributed by atoms with Crippen molar-refractivity contribution in [3.8, 4) is 0 Å². The molecule has 1 N–H and O–H groups in total. The minimum atomic E-state index is -0.859. The third kappa shape index (κ3) is 4.47. The van der Waals surface area contributed by atoms with Crippen LogP contribution in [0.4, 0.5) is 10.1 Å². The van der Waals surface area contributed by atoms with Gasteiger partial charge >= 0.3 is 5.97 Å². The molecular formula is C12H11Cl2FN2O3. The first-order chi connectivity index (χ1) is 9.49. The number of azo groups is 1. The smallest absolute Gasteiger partial charge is 0.362 e. The fourth-order valence-corrected chi connectivity index (χ4v) is 1.44. The molecule has 0 unspecified atom stereocenters. The number of carbonyl (C=O) groups is 1. The molecule has 20 heavy (non-hydrogen) atoms. The molecule has 1 aromatic carbocycles. The zero-order chi connectivity index (χ0) is 15.1. The van der Waals surface area contributed by atoms with Crippen LogP contribution in [-0.2, 0) is 9.53 Å². The van der Waals surface area contributed by atoms with Crippen molar-refractivity contribution < 1.29 is 19.0 Å². The Hall–Kier alpha value is -1.66. The molecule has 1 rings (SSSR count). The molecule has 0 aliphatic heterocycles. The number of allylic oxidation sites excluding steroid dienone is 1. The van der Waals surface area contributed by atoms with Crippen LogP contribution in [0.5, 0.6) is 0 Å². The van der Waals surface area contributed by atoms with E-state index in [0.29, 0.717) is 0 Å². The van der Waals surface area contributed by atoms with Crippen LogP contribution in [0.1, 0.15) is 6.92 Å². The number of aliphatic hydroxyl groups excluding tert-OH is 1. The largest absolute Gasteiger partial charge is 0.508 e. The maximum absolute atomic E-state index is 13.0. The Morgan fingerprint density at radius 1 is 1.50 bits per heavy atom. The molecule has 0 aliphatic carbocycles. The first kappa shape index (κ1) is 16.4. The Kier molecular flexibility index (Phi) is 6.41. The van der Waals surface area contributed by atoms with E-state index in [1.54, 1.807) is 6.92 Å². The SMILES string of the molecule is CCOC(=O)C(N=Nc1ccc(F)c(Cl)c1)=C(O)CCl. The number of esters is 1. The zero-order valence-electron chi connectivity index (χ0n) is 10.4. The molecule has 0 saturated carbocycles. The molecule has 0 heterocycles. The summed E-state index contributed by atoms with van der Waals surface area (Å²) in [7, 11) is 0. The first-order valence-corrected chi connectivity index (χ1v) is 6.42. The number of ether oxygens (including phenoxy) is 1. The van der Waals surface area contributed by atoms with Crippen molar-refractivity contribution in [2.24, 2.45) is 10.2 Å². The normalized spacial score (nSPS) is 12.4. The molecule has 108 valence electrons. The second kappa shape index (κ2) is 7.81. The highest BCUT2D eigenvalue weighted by molar-refractivity contribution is 6.31. The second-order valence-electron chi connectivity index (χ2n) is 3.45. The lowest BCUT2D eigenvalue weighted by molar-refractivity contribution is -0.138. The Morgan fingerprint density at radius 3 is 2.75 bits per heavy atom. The second-order valence-corrected chi connectivity index (χ2v) is 4.12. The fraction of sp³-hybridized carbons (Fsp3) is 0.250. The molecule has 0 saturated heterocycles. The van der Waals surface area contributed by atoms with Crippen LogP contribution >= 0.6 is 23.2 Å². The Bertz CT molecular complexity index is 562. The Balaban J connectivity index is 3.03. The maximum atomic E-state index is 13.0. The Labute approximate surface area is 124 Å². The van der Waals surface area contributed by atoms with E-state index in [1.165, 1.54) is 12.1 Å². The van der Waals surface area contributed by atoms with E-state index in [2.05, 4.69) is 10.2 Å². The highest BCUT2D eigenvalue weighted by atomic mass is 35.5. The molecule has 0 atom stereocenters. The number of hydrogen-bond donors (Lipinski definition) is 1. The summed E-state index contributed by atoms with van der Waals surface area (Å²) in [5.41, 5.74) is -0.206. The average molecular weight is 321 g/mol. The van der Waals surface area contributed by atoms with Crippen LogP contribution in [0.3, 0.4) is 0 Å². The van der Waals surface area contributed by atoms with Crippen molar-refractivity contribution in [2.45, 2.75) is 6.92 Å². The van der Waals surface area contributed by atoms with Crippen molar-refractivity contribution in [1.82, 2.24) is 0 Å². The van der Waals surface area contributed by atoms with Crippen LogP contribution in [0.2, 0.25) is 5.02 Å². The summed E-state index contributed by atoms with van der Waals surface area (Å²) >= 11 is 11.0. The van der Waals surface area contributed by atoms with Gasteiger partial charge in [0.1, 0.15) is 11.6 Å². The van der Waals surface area contributed by atoms with Gasteiger partial charge in [-0.1, -0.05) is 11.6 Å². The molecule has 0 spiro atoms. The van der Waals surface area contributed by atoms with Crippen LogP contribution in [0.15, 0.2) is 39.9 Å². The van der Waals surface area contributed by atoms with Gasteiger partial charge in [0, 0.05) is 0 Å². The highest BCUT2D eigenvalue weighted by Crippen LogP contribution is 2.23. The summed E-state index contributed by atoms with van der Waals surface area (Å²) in [5.74, 6) is -2.25. The van der Waals surface area contributed by atoms with E-state index >= 15 is 0 Å². The zero-order valence-corrected chi connectivity index (χ0v) is 12.0. The summed E-state index contributed by atoms with van der Waals surface area (Å²) in [6.45, 7) is 1.71. The third-order valence-electron chi connectivity index (χ3n) is 2.04. The minimum Gasteiger partial charge on any atom is -0.508 e. The number of nitrogens with zero attached hydrogens (tertiary/aromatic N) is 2. The molecule has 0 radical (unpaired) electrons. The number of carbonyl (C=O) groups excluding carboxylic acids is 1. The van der Waals surface area contributed by atoms with Crippen molar-refractivity contribution >= 4 is 34.9 Å². The monoisotopic (exact) mass is 320 g/mol. The highest BCUT2D eigenvalue weighted by Gasteiger charge is 2.16. The number of aliphatic hydroxyl groups is 1. The van der Waals surface area contributed by atoms with Gasteiger partial charge < -0.3 is 9.84 Å². The first-order valence-electron chi connectivity index (χ1n) is 5.51. The van der Waals surface area contributed by atoms with E-state index in [0.717, 1.165) is 6.07 Å². The number of alkyl halides is 1. The van der Waals surface area contributed by atoms with Gasteiger partial charge in [0.25, 0.3) is 0 Å². The molecular weight excluding hydrogens is 310 g/mol. The quantitative estimate of drug-likeness (QED) is 0.291. The molecule has 0 bridgehead atoms. The number of hydrogen-bond acceptors (Lipinski definition) is 5. The molecule has 5 nitrogen and oxygen atoms in total. The lowest BCUT2D eigenvalue weighted by atomic mass is 10.3. The summed E-state index contributed by atoms with van der Waals surface area (Å²) in [6, 6.07) is 3.64. The lowest BCUT2D eigenvalue weighted by Gasteiger charge is -2.03. The lowest BCUT2D eigenvalue weighted by Crippen LogP contribution is -2.09. The summed E-state index contributed by atoms with van der Waals surface area (Å²) in [5, 5.41) is 16.6. The minimum absolute atomic E-state index is 0.107. The number of rotatable bonds is 5. The van der Waals surface area contributed by atoms with Crippen LogP contribution < -0.4 is 0 Å². The number of benzene rings is 1. The summed E-state index contributed by atoms with van der Waals surface area (Å²) < 4.78 is 17.7. The molecule has 0 amide bonds. The number of halogens is 3. The fourth-order valence-electron chi connectivity index (χ4n) is 1.13. The topological polar surface area (TPSA) is 71.2 Å². The Morgan fingerprint density at radius 2 is 2.20 bits per heavy atom. The van der Waals surface area contributed by atoms with E-state index in [9.17, 15) is 14.3 Å². The predicted molar refractivity (Wildman–Crippen MR) is 72.9 cm³/mol. The molecule has 0 aromatic heterocycles. The molecule has 8 heteroatoms. The molecule has 1 aromatic rings. The van der Waals surface area contributed by atoms with E-state index < -0.39 is 23.2 Å². The van der Waals surface area contributed by atoms with Crippen molar-refractivity contribution in [1.29, 1.82) is 0 Å². The average Bonchev–Trinajstić information content (AvgIpc) is 2.42. The van der Waals surface area contributed by atoms with Crippen LogP contribution in [0.25, 0.3) is 0 Å². The van der Waals surface area contributed by atoms with Crippen LogP contribution in [-0.4, -0.2) is 23.6 Å². The van der Waals surface area contributed by atoms with Gasteiger partial charge in [0.2, 0.25) is 5.70 Å². The summed E-state index contributed by atoms with van der Waals surface area (Å²) in [4.78, 5) is 11.5. The van der Waals surface area contributed by atoms with Gasteiger partial charge in [-0.3, -0.25) is 0 Å². The van der Waals surface area contributed by atoms with Crippen molar-refractivity contribution in [3.63, 3.8) is 0 Å². The van der Waals surface area contributed by atoms with Gasteiger partial charge in [-0.2, -0.15) is 5.11 Å².